The molecular formula is C25H33Cl2N3O6S. The highest BCUT2D eigenvalue weighted by Crippen LogP contribution is 2.32. The first-order valence-electron chi connectivity index (χ1n) is 11.3. The third-order valence-electron chi connectivity index (χ3n) is 5.34. The van der Waals surface area contributed by atoms with Gasteiger partial charge in [0.25, 0.3) is 0 Å². The van der Waals surface area contributed by atoms with Crippen LogP contribution in [0.3, 0.4) is 0 Å². The molecule has 1 N–H and O–H groups in total. The van der Waals surface area contributed by atoms with Crippen molar-refractivity contribution in [1.82, 2.24) is 10.2 Å². The molecule has 0 radical (unpaired) electrons. The number of methoxy groups -OCH3 is 2. The number of nitrogens with one attached hydrogen (secondary N) is 1. The maximum Gasteiger partial charge on any atom is 0.244 e. The number of amides is 2. The predicted octanol–water partition coefficient (Wildman–Crippen LogP) is 4.11. The summed E-state index contributed by atoms with van der Waals surface area (Å²) in [7, 11) is -1.02. The monoisotopic (exact) mass is 573 g/mol. The van der Waals surface area contributed by atoms with Crippen LogP contribution in [0, 0.1) is 0 Å². The van der Waals surface area contributed by atoms with Gasteiger partial charge >= 0.3 is 0 Å². The van der Waals surface area contributed by atoms with Crippen LogP contribution in [-0.4, -0.2) is 63.7 Å². The van der Waals surface area contributed by atoms with Crippen LogP contribution in [0.4, 0.5) is 5.69 Å². The summed E-state index contributed by atoms with van der Waals surface area (Å²) in [6, 6.07) is 8.47. The lowest BCUT2D eigenvalue weighted by Gasteiger charge is -2.33. The summed E-state index contributed by atoms with van der Waals surface area (Å²) in [5, 5.41) is 3.50. The van der Waals surface area contributed by atoms with Gasteiger partial charge in [-0.05, 0) is 57.5 Å². The van der Waals surface area contributed by atoms with Crippen LogP contribution in [0.5, 0.6) is 11.5 Å². The van der Waals surface area contributed by atoms with Crippen LogP contribution >= 0.6 is 23.2 Å². The molecule has 37 heavy (non-hydrogen) atoms. The van der Waals surface area contributed by atoms with Crippen molar-refractivity contribution in [2.45, 2.75) is 45.8 Å². The van der Waals surface area contributed by atoms with Gasteiger partial charge in [0.1, 0.15) is 12.6 Å². The second-order valence-electron chi connectivity index (χ2n) is 9.49. The van der Waals surface area contributed by atoms with E-state index in [4.69, 9.17) is 32.7 Å². The van der Waals surface area contributed by atoms with Crippen molar-refractivity contribution in [3.05, 3.63) is 52.0 Å². The number of anilines is 1. The van der Waals surface area contributed by atoms with Crippen molar-refractivity contribution < 1.29 is 27.5 Å². The van der Waals surface area contributed by atoms with E-state index < -0.39 is 40.0 Å². The van der Waals surface area contributed by atoms with Gasteiger partial charge in [-0.1, -0.05) is 29.3 Å². The molecule has 0 aromatic heterocycles. The van der Waals surface area contributed by atoms with E-state index in [1.807, 2.05) is 20.8 Å². The number of sulfonamides is 1. The molecule has 0 aliphatic heterocycles. The molecule has 2 rings (SSSR count). The van der Waals surface area contributed by atoms with Crippen molar-refractivity contribution in [2.24, 2.45) is 0 Å². The molecule has 0 heterocycles. The average Bonchev–Trinajstić information content (AvgIpc) is 2.80. The Morgan fingerprint density at radius 1 is 1.00 bits per heavy atom. The van der Waals surface area contributed by atoms with Crippen molar-refractivity contribution >= 4 is 50.7 Å². The third kappa shape index (κ3) is 8.41. The molecule has 2 aromatic rings. The second kappa shape index (κ2) is 12.2. The third-order valence-corrected chi connectivity index (χ3v) is 7.22. The van der Waals surface area contributed by atoms with Crippen LogP contribution in [0.15, 0.2) is 36.4 Å². The fraction of sp³-hybridized carbons (Fsp3) is 0.440. The Labute approximate surface area is 228 Å². The molecule has 9 nitrogen and oxygen atoms in total. The van der Waals surface area contributed by atoms with E-state index in [0.717, 1.165) is 10.6 Å². The number of ether oxygens (including phenoxy) is 2. The van der Waals surface area contributed by atoms with Crippen LogP contribution in [0.2, 0.25) is 10.0 Å². The molecule has 0 spiro atoms. The van der Waals surface area contributed by atoms with E-state index in [1.165, 1.54) is 31.3 Å². The Balaban J connectivity index is 2.48. The Bertz CT molecular complexity index is 1250. The molecule has 1 unspecified atom stereocenters. The molecule has 12 heteroatoms. The smallest absolute Gasteiger partial charge is 0.244 e. The van der Waals surface area contributed by atoms with Crippen molar-refractivity contribution in [1.29, 1.82) is 0 Å². The van der Waals surface area contributed by atoms with E-state index in [1.54, 1.807) is 31.2 Å². The highest BCUT2D eigenvalue weighted by Gasteiger charge is 2.31. The average molecular weight is 575 g/mol. The topological polar surface area (TPSA) is 105 Å². The SMILES string of the molecule is COc1ccc(N(CC(=O)N(Cc2ccc(Cl)c(Cl)c2)C(C)C(=O)NC(C)(C)C)S(C)(=O)=O)cc1OC. The zero-order valence-electron chi connectivity index (χ0n) is 22.0. The standard InChI is InChI=1S/C25H33Cl2N3O6S/c1-16(24(32)28-25(2,3)4)29(14-17-8-10-19(26)20(27)12-17)23(31)15-30(37(7,33)34)18-9-11-21(35-5)22(13-18)36-6/h8-13,16H,14-15H2,1-7H3,(H,28,32). The summed E-state index contributed by atoms with van der Waals surface area (Å²) in [6.07, 6.45) is 0.996. The Kier molecular flexibility index (Phi) is 10.1. The lowest BCUT2D eigenvalue weighted by atomic mass is 10.1. The zero-order valence-corrected chi connectivity index (χ0v) is 24.3. The van der Waals surface area contributed by atoms with Gasteiger partial charge in [-0.25, -0.2) is 8.42 Å². The van der Waals surface area contributed by atoms with Crippen LogP contribution in [0.1, 0.15) is 33.3 Å². The number of benzene rings is 2. The predicted molar refractivity (Wildman–Crippen MR) is 146 cm³/mol. The van der Waals surface area contributed by atoms with Crippen LogP contribution in [0.25, 0.3) is 0 Å². The molecule has 1 atom stereocenters. The van der Waals surface area contributed by atoms with Gasteiger partial charge in [0, 0.05) is 18.2 Å². The van der Waals surface area contributed by atoms with Crippen molar-refractivity contribution in [3.63, 3.8) is 0 Å². The van der Waals surface area contributed by atoms with E-state index >= 15 is 0 Å². The Morgan fingerprint density at radius 2 is 1.62 bits per heavy atom. The van der Waals surface area contributed by atoms with Crippen molar-refractivity contribution in [2.75, 3.05) is 31.3 Å². The minimum absolute atomic E-state index is 0.00200. The number of nitrogens with zero attached hydrogens (tertiary/aromatic N) is 2. The number of carbonyl (C=O) groups is 2. The van der Waals surface area contributed by atoms with Gasteiger partial charge in [0.15, 0.2) is 11.5 Å². The summed E-state index contributed by atoms with van der Waals surface area (Å²) >= 11 is 12.2. The Hall–Kier alpha value is -2.69. The molecule has 0 fully saturated rings. The van der Waals surface area contributed by atoms with Gasteiger partial charge in [-0.2, -0.15) is 0 Å². The number of halogens is 2. The lowest BCUT2D eigenvalue weighted by Crippen LogP contribution is -2.54. The first-order valence-corrected chi connectivity index (χ1v) is 13.9. The number of hydrogen-bond donors (Lipinski definition) is 1. The molecule has 2 amide bonds. The molecule has 204 valence electrons. The molecule has 0 bridgehead atoms. The highest BCUT2D eigenvalue weighted by molar-refractivity contribution is 7.92. The summed E-state index contributed by atoms with van der Waals surface area (Å²) in [5.74, 6) is -0.285. The molecule has 0 aliphatic rings. The summed E-state index contributed by atoms with van der Waals surface area (Å²) in [6.45, 7) is 6.50. The first kappa shape index (κ1) is 30.5. The molecule has 0 saturated heterocycles. The van der Waals surface area contributed by atoms with Gasteiger partial charge in [-0.15, -0.1) is 0 Å². The van der Waals surface area contributed by atoms with Gasteiger partial charge < -0.3 is 19.7 Å². The number of hydrogen-bond acceptors (Lipinski definition) is 6. The van der Waals surface area contributed by atoms with E-state index in [0.29, 0.717) is 27.1 Å². The maximum atomic E-state index is 13.6. The summed E-state index contributed by atoms with van der Waals surface area (Å²) < 4.78 is 37.0. The molecule has 0 aliphatic carbocycles. The second-order valence-corrected chi connectivity index (χ2v) is 12.2. The molecular weight excluding hydrogens is 541 g/mol. The number of carbonyl (C=O) groups excluding carboxylic acids is 2. The first-order chi connectivity index (χ1) is 17.1. The van der Waals surface area contributed by atoms with Gasteiger partial charge in [-0.3, -0.25) is 13.9 Å². The van der Waals surface area contributed by atoms with Crippen LogP contribution in [-0.2, 0) is 26.2 Å². The largest absolute Gasteiger partial charge is 0.493 e. The van der Waals surface area contributed by atoms with E-state index in [2.05, 4.69) is 5.32 Å². The maximum absolute atomic E-state index is 13.6. The molecule has 0 saturated carbocycles. The summed E-state index contributed by atoms with van der Waals surface area (Å²) in [5.41, 5.74) is 0.284. The summed E-state index contributed by atoms with van der Waals surface area (Å²) in [4.78, 5) is 28.0. The fourth-order valence-corrected chi connectivity index (χ4v) is 4.65. The lowest BCUT2D eigenvalue weighted by molar-refractivity contribution is -0.140. The molecule has 2 aromatic carbocycles. The van der Waals surface area contributed by atoms with E-state index in [9.17, 15) is 18.0 Å². The normalized spacial score (nSPS) is 12.5. The van der Waals surface area contributed by atoms with Crippen LogP contribution < -0.4 is 19.1 Å². The minimum atomic E-state index is -3.90. The highest BCUT2D eigenvalue weighted by atomic mass is 35.5. The Morgan fingerprint density at radius 3 is 2.14 bits per heavy atom. The zero-order chi connectivity index (χ0) is 28.1. The van der Waals surface area contributed by atoms with E-state index in [-0.39, 0.29) is 12.2 Å². The van der Waals surface area contributed by atoms with Gasteiger partial charge in [0.05, 0.1) is 36.2 Å². The number of rotatable bonds is 10. The van der Waals surface area contributed by atoms with Gasteiger partial charge in [0.2, 0.25) is 21.8 Å². The minimum Gasteiger partial charge on any atom is -0.493 e. The fourth-order valence-electron chi connectivity index (χ4n) is 3.49. The quantitative estimate of drug-likeness (QED) is 0.458. The van der Waals surface area contributed by atoms with Crippen molar-refractivity contribution in [3.8, 4) is 11.5 Å².